The molecule has 2 aliphatic rings. The molecule has 3 nitrogen and oxygen atoms in total. The van der Waals surface area contributed by atoms with Gasteiger partial charge in [-0.3, -0.25) is 0 Å². The minimum atomic E-state index is -1.59. The molecule has 0 amide bonds. The Kier molecular flexibility index (Phi) is 3.16. The molecule has 98 valence electrons. The standard InChI is InChI=1S/C13H16F2N2O/c1-8-13(2,18)3-4-17(8)9-5-11(14)10(7-16)12(15)6-9/h5,8,12,18H,3-4,6H2,1-2H3/t8-,12?,13-/m0/s1. The smallest absolute Gasteiger partial charge is 0.143 e. The zero-order valence-corrected chi connectivity index (χ0v) is 10.5. The number of hydrogen-bond donors (Lipinski definition) is 1. The Labute approximate surface area is 105 Å². The fourth-order valence-corrected chi connectivity index (χ4v) is 2.52. The molecule has 18 heavy (non-hydrogen) atoms. The van der Waals surface area contributed by atoms with Crippen molar-refractivity contribution < 1.29 is 13.9 Å². The molecule has 3 atom stereocenters. The van der Waals surface area contributed by atoms with Crippen LogP contribution in [-0.4, -0.2) is 34.4 Å². The van der Waals surface area contributed by atoms with Crippen molar-refractivity contribution >= 4 is 0 Å². The number of alkyl halides is 1. The predicted octanol–water partition coefficient (Wildman–Crippen LogP) is 2.20. The first kappa shape index (κ1) is 13.0. The number of nitrogens with zero attached hydrogens (tertiary/aromatic N) is 2. The zero-order chi connectivity index (χ0) is 13.5. The van der Waals surface area contributed by atoms with Gasteiger partial charge >= 0.3 is 0 Å². The van der Waals surface area contributed by atoms with Crippen LogP contribution in [0.2, 0.25) is 0 Å². The summed E-state index contributed by atoms with van der Waals surface area (Å²) in [7, 11) is 0. The molecule has 0 aromatic rings. The summed E-state index contributed by atoms with van der Waals surface area (Å²) in [6.45, 7) is 4.13. The number of allylic oxidation sites excluding steroid dienone is 4. The lowest BCUT2D eigenvalue weighted by Crippen LogP contribution is -2.40. The van der Waals surface area contributed by atoms with Crippen molar-refractivity contribution in [1.29, 1.82) is 5.26 Å². The van der Waals surface area contributed by atoms with E-state index in [0.717, 1.165) is 0 Å². The van der Waals surface area contributed by atoms with Crippen molar-refractivity contribution in [1.82, 2.24) is 4.90 Å². The van der Waals surface area contributed by atoms with Crippen molar-refractivity contribution in [2.75, 3.05) is 6.54 Å². The molecule has 0 radical (unpaired) electrons. The van der Waals surface area contributed by atoms with Gasteiger partial charge in [0.15, 0.2) is 0 Å². The van der Waals surface area contributed by atoms with Crippen LogP contribution in [-0.2, 0) is 0 Å². The monoisotopic (exact) mass is 254 g/mol. The average Bonchev–Trinajstić information content (AvgIpc) is 2.54. The second kappa shape index (κ2) is 4.36. The van der Waals surface area contributed by atoms with E-state index in [-0.39, 0.29) is 12.5 Å². The molecule has 1 aliphatic carbocycles. The third-order valence-corrected chi connectivity index (χ3v) is 3.97. The van der Waals surface area contributed by atoms with Crippen LogP contribution in [0.15, 0.2) is 23.2 Å². The normalized spacial score (nSPS) is 36.7. The van der Waals surface area contributed by atoms with Crippen LogP contribution < -0.4 is 0 Å². The van der Waals surface area contributed by atoms with E-state index >= 15 is 0 Å². The van der Waals surface area contributed by atoms with Gasteiger partial charge in [0.1, 0.15) is 18.1 Å². The SMILES string of the molecule is C[C@@H]1N(C2=CC(F)=C(C#N)C(F)C2)CC[C@]1(C)O. The minimum Gasteiger partial charge on any atom is -0.388 e. The van der Waals surface area contributed by atoms with Crippen molar-refractivity contribution in [2.24, 2.45) is 0 Å². The molecule has 1 unspecified atom stereocenters. The Morgan fingerprint density at radius 1 is 1.61 bits per heavy atom. The Hall–Kier alpha value is -1.41. The molecule has 0 aromatic carbocycles. The number of likely N-dealkylation sites (tertiary alicyclic amines) is 1. The maximum absolute atomic E-state index is 13.7. The van der Waals surface area contributed by atoms with E-state index in [1.54, 1.807) is 13.0 Å². The van der Waals surface area contributed by atoms with Gasteiger partial charge in [0.2, 0.25) is 0 Å². The molecule has 1 aliphatic heterocycles. The van der Waals surface area contributed by atoms with Crippen LogP contribution in [0.5, 0.6) is 0 Å². The number of halogens is 2. The topological polar surface area (TPSA) is 47.3 Å². The van der Waals surface area contributed by atoms with Crippen LogP contribution in [0.1, 0.15) is 26.7 Å². The van der Waals surface area contributed by atoms with Gasteiger partial charge < -0.3 is 10.0 Å². The van der Waals surface area contributed by atoms with Gasteiger partial charge in [0.25, 0.3) is 0 Å². The van der Waals surface area contributed by atoms with Crippen molar-refractivity contribution in [3.05, 3.63) is 23.2 Å². The molecule has 0 bridgehead atoms. The van der Waals surface area contributed by atoms with E-state index in [1.165, 1.54) is 6.08 Å². The van der Waals surface area contributed by atoms with Gasteiger partial charge in [-0.1, -0.05) is 0 Å². The molecule has 0 saturated carbocycles. The van der Waals surface area contributed by atoms with Crippen LogP contribution in [0.4, 0.5) is 8.78 Å². The molecular weight excluding hydrogens is 238 g/mol. The number of hydrogen-bond acceptors (Lipinski definition) is 3. The third-order valence-electron chi connectivity index (χ3n) is 3.97. The van der Waals surface area contributed by atoms with E-state index in [2.05, 4.69) is 0 Å². The van der Waals surface area contributed by atoms with Crippen LogP contribution >= 0.6 is 0 Å². The molecule has 5 heteroatoms. The first-order valence-electron chi connectivity index (χ1n) is 6.00. The van der Waals surface area contributed by atoms with Gasteiger partial charge in [0.05, 0.1) is 17.2 Å². The lowest BCUT2D eigenvalue weighted by molar-refractivity contribution is 0.0334. The summed E-state index contributed by atoms with van der Waals surface area (Å²) in [6, 6.07) is 1.37. The molecule has 0 spiro atoms. The van der Waals surface area contributed by atoms with Crippen LogP contribution in [0.25, 0.3) is 0 Å². The van der Waals surface area contributed by atoms with Gasteiger partial charge in [-0.05, 0) is 26.3 Å². The lowest BCUT2D eigenvalue weighted by atomic mass is 9.96. The van der Waals surface area contributed by atoms with Gasteiger partial charge in [-0.25, -0.2) is 8.78 Å². The minimum absolute atomic E-state index is 0.00324. The summed E-state index contributed by atoms with van der Waals surface area (Å²) in [5.74, 6) is -0.801. The van der Waals surface area contributed by atoms with Gasteiger partial charge in [0, 0.05) is 18.7 Å². The second-order valence-corrected chi connectivity index (χ2v) is 5.16. The number of aliphatic hydroxyl groups is 1. The van der Waals surface area contributed by atoms with Crippen LogP contribution in [0.3, 0.4) is 0 Å². The summed E-state index contributed by atoms with van der Waals surface area (Å²) in [6.07, 6.45) is 0.190. The fraction of sp³-hybridized carbons (Fsp3) is 0.615. The van der Waals surface area contributed by atoms with E-state index in [4.69, 9.17) is 5.26 Å². The summed E-state index contributed by atoms with van der Waals surface area (Å²) in [4.78, 5) is 1.82. The zero-order valence-electron chi connectivity index (χ0n) is 10.5. The van der Waals surface area contributed by atoms with Crippen molar-refractivity contribution in [3.63, 3.8) is 0 Å². The van der Waals surface area contributed by atoms with E-state index in [9.17, 15) is 13.9 Å². The predicted molar refractivity (Wildman–Crippen MR) is 62.8 cm³/mol. The molecule has 0 aromatic heterocycles. The van der Waals surface area contributed by atoms with Crippen molar-refractivity contribution in [3.8, 4) is 6.07 Å². The maximum atomic E-state index is 13.7. The highest BCUT2D eigenvalue weighted by atomic mass is 19.1. The second-order valence-electron chi connectivity index (χ2n) is 5.16. The molecule has 1 N–H and O–H groups in total. The Bertz CT molecular complexity index is 462. The van der Waals surface area contributed by atoms with Gasteiger partial charge in [-0.2, -0.15) is 5.26 Å². The van der Waals surface area contributed by atoms with E-state index < -0.39 is 23.2 Å². The highest BCUT2D eigenvalue weighted by Crippen LogP contribution is 2.36. The fourth-order valence-electron chi connectivity index (χ4n) is 2.52. The Balaban J connectivity index is 2.28. The average molecular weight is 254 g/mol. The molecule has 1 saturated heterocycles. The maximum Gasteiger partial charge on any atom is 0.143 e. The van der Waals surface area contributed by atoms with E-state index in [1.807, 2.05) is 11.8 Å². The van der Waals surface area contributed by atoms with Gasteiger partial charge in [-0.15, -0.1) is 0 Å². The molecule has 2 rings (SSSR count). The lowest BCUT2D eigenvalue weighted by Gasteiger charge is -2.33. The summed E-state index contributed by atoms with van der Waals surface area (Å²) >= 11 is 0. The van der Waals surface area contributed by atoms with Crippen LogP contribution in [0, 0.1) is 11.3 Å². The first-order valence-corrected chi connectivity index (χ1v) is 6.00. The Morgan fingerprint density at radius 3 is 2.72 bits per heavy atom. The number of nitriles is 1. The molecule has 1 heterocycles. The van der Waals surface area contributed by atoms with Crippen molar-refractivity contribution in [2.45, 2.75) is 44.5 Å². The third kappa shape index (κ3) is 2.01. The first-order chi connectivity index (χ1) is 8.36. The number of rotatable bonds is 1. The highest BCUT2D eigenvalue weighted by Gasteiger charge is 2.41. The highest BCUT2D eigenvalue weighted by molar-refractivity contribution is 5.40. The Morgan fingerprint density at radius 2 is 2.28 bits per heavy atom. The molecule has 1 fully saturated rings. The quantitative estimate of drug-likeness (QED) is 0.780. The summed E-state index contributed by atoms with van der Waals surface area (Å²) in [5, 5.41) is 18.7. The molecular formula is C13H16F2N2O. The summed E-state index contributed by atoms with van der Waals surface area (Å²) < 4.78 is 27.2. The van der Waals surface area contributed by atoms with E-state index in [0.29, 0.717) is 18.7 Å². The largest absolute Gasteiger partial charge is 0.388 e. The summed E-state index contributed by atoms with van der Waals surface area (Å²) in [5.41, 5.74) is -0.760.